The highest BCUT2D eigenvalue weighted by molar-refractivity contribution is 5.93. The van der Waals surface area contributed by atoms with Crippen LogP contribution in [-0.4, -0.2) is 62.2 Å². The quantitative estimate of drug-likeness (QED) is 0.771. The van der Waals surface area contributed by atoms with Crippen LogP contribution in [0.25, 0.3) is 0 Å². The van der Waals surface area contributed by atoms with Gasteiger partial charge in [0.1, 0.15) is 5.69 Å². The fourth-order valence-electron chi connectivity index (χ4n) is 4.71. The monoisotopic (exact) mass is 411 g/mol. The van der Waals surface area contributed by atoms with Crippen molar-refractivity contribution in [3.63, 3.8) is 0 Å². The molecule has 2 aromatic heterocycles. The van der Waals surface area contributed by atoms with Crippen molar-refractivity contribution in [2.45, 2.75) is 58.9 Å². The van der Waals surface area contributed by atoms with E-state index in [0.717, 1.165) is 44.3 Å². The van der Waals surface area contributed by atoms with Crippen molar-refractivity contribution in [2.24, 2.45) is 5.92 Å². The molecule has 2 fully saturated rings. The zero-order valence-corrected chi connectivity index (χ0v) is 17.9. The van der Waals surface area contributed by atoms with Crippen LogP contribution < -0.4 is 0 Å². The molecule has 0 radical (unpaired) electrons. The van der Waals surface area contributed by atoms with Crippen molar-refractivity contribution in [3.8, 4) is 0 Å². The van der Waals surface area contributed by atoms with E-state index < -0.39 is 0 Å². The van der Waals surface area contributed by atoms with E-state index in [4.69, 9.17) is 4.42 Å². The van der Waals surface area contributed by atoms with Crippen molar-refractivity contribution in [1.29, 1.82) is 0 Å². The second kappa shape index (κ2) is 8.53. The number of piperidine rings is 2. The van der Waals surface area contributed by atoms with E-state index in [0.29, 0.717) is 42.0 Å². The highest BCUT2D eigenvalue weighted by atomic mass is 16.4. The Morgan fingerprint density at radius 2 is 1.73 bits per heavy atom. The lowest BCUT2D eigenvalue weighted by Gasteiger charge is -2.43. The molecular formula is C22H29N5O3. The van der Waals surface area contributed by atoms with Crippen LogP contribution in [0.4, 0.5) is 0 Å². The van der Waals surface area contributed by atoms with E-state index in [-0.39, 0.29) is 17.9 Å². The summed E-state index contributed by atoms with van der Waals surface area (Å²) in [6.45, 7) is 7.52. The molecule has 0 bridgehead atoms. The Bertz CT molecular complexity index is 915. The Balaban J connectivity index is 1.42. The predicted molar refractivity (Wildman–Crippen MR) is 110 cm³/mol. The number of amides is 2. The van der Waals surface area contributed by atoms with Crippen LogP contribution in [0.3, 0.4) is 0 Å². The third-order valence-electron chi connectivity index (χ3n) is 6.28. The Morgan fingerprint density at radius 1 is 0.967 bits per heavy atom. The molecule has 2 aliphatic heterocycles. The summed E-state index contributed by atoms with van der Waals surface area (Å²) in [6, 6.07) is 0.195. The topological polar surface area (TPSA) is 92.4 Å². The Labute approximate surface area is 176 Å². The van der Waals surface area contributed by atoms with Gasteiger partial charge in [-0.1, -0.05) is 0 Å². The Morgan fingerprint density at radius 3 is 2.37 bits per heavy atom. The van der Waals surface area contributed by atoms with Gasteiger partial charge in [-0.05, 0) is 51.9 Å². The van der Waals surface area contributed by atoms with Gasteiger partial charge in [-0.2, -0.15) is 0 Å². The van der Waals surface area contributed by atoms with Gasteiger partial charge < -0.3 is 14.2 Å². The summed E-state index contributed by atoms with van der Waals surface area (Å²) < 4.78 is 5.51. The molecule has 30 heavy (non-hydrogen) atoms. The lowest BCUT2D eigenvalue weighted by molar-refractivity contribution is 0.0362. The van der Waals surface area contributed by atoms with E-state index in [2.05, 4.69) is 15.0 Å². The molecule has 8 heteroatoms. The molecule has 1 atom stereocenters. The highest BCUT2D eigenvalue weighted by Crippen LogP contribution is 2.32. The number of rotatable bonds is 3. The van der Waals surface area contributed by atoms with E-state index in [1.54, 1.807) is 26.2 Å². The van der Waals surface area contributed by atoms with Gasteiger partial charge in [0.15, 0.2) is 5.89 Å². The third-order valence-corrected chi connectivity index (χ3v) is 6.28. The van der Waals surface area contributed by atoms with Crippen LogP contribution in [0.5, 0.6) is 0 Å². The minimum Gasteiger partial charge on any atom is -0.436 e. The maximum Gasteiger partial charge on any atom is 0.291 e. The Hall–Kier alpha value is -2.77. The normalized spacial score (nSPS) is 20.4. The van der Waals surface area contributed by atoms with Crippen molar-refractivity contribution in [1.82, 2.24) is 24.8 Å². The first-order valence-electron chi connectivity index (χ1n) is 10.8. The molecule has 0 spiro atoms. The number of aromatic nitrogens is 3. The minimum absolute atomic E-state index is 0.0292. The molecule has 4 rings (SSSR count). The molecule has 0 saturated carbocycles. The number of likely N-dealkylation sites (tertiary alicyclic amines) is 2. The number of oxazole rings is 1. The van der Waals surface area contributed by atoms with E-state index in [1.165, 1.54) is 0 Å². The van der Waals surface area contributed by atoms with E-state index in [1.807, 2.05) is 16.7 Å². The number of carbonyl (C=O) groups excluding carboxylic acids is 2. The van der Waals surface area contributed by atoms with Crippen LogP contribution in [0.2, 0.25) is 0 Å². The molecule has 8 nitrogen and oxygen atoms in total. The molecule has 4 heterocycles. The first-order chi connectivity index (χ1) is 14.4. The molecule has 2 amide bonds. The van der Waals surface area contributed by atoms with Gasteiger partial charge in [-0.15, -0.1) is 0 Å². The first-order valence-corrected chi connectivity index (χ1v) is 10.8. The SMILES string of the molecule is Cc1cnc(C(=O)N2CCCCC2C2CCN(C(=O)c3oc(C)nc3C)CC2)cn1. The molecule has 2 aliphatic rings. The first kappa shape index (κ1) is 20.5. The molecule has 2 saturated heterocycles. The lowest BCUT2D eigenvalue weighted by atomic mass is 9.83. The maximum atomic E-state index is 13.1. The molecule has 160 valence electrons. The van der Waals surface area contributed by atoms with Crippen molar-refractivity contribution in [2.75, 3.05) is 19.6 Å². The second-order valence-electron chi connectivity index (χ2n) is 8.38. The molecule has 0 aromatic carbocycles. The molecular weight excluding hydrogens is 382 g/mol. The fourth-order valence-corrected chi connectivity index (χ4v) is 4.71. The minimum atomic E-state index is -0.0851. The Kier molecular flexibility index (Phi) is 5.83. The molecule has 0 N–H and O–H groups in total. The summed E-state index contributed by atoms with van der Waals surface area (Å²) >= 11 is 0. The van der Waals surface area contributed by atoms with Crippen LogP contribution >= 0.6 is 0 Å². The van der Waals surface area contributed by atoms with Gasteiger partial charge in [-0.25, -0.2) is 9.97 Å². The standard InChI is InChI=1S/C22H29N5O3/c1-14-12-24-18(13-23-14)21(28)27-9-5-4-6-19(27)17-7-10-26(11-8-17)22(29)20-15(2)25-16(3)30-20/h12-13,17,19H,4-11H2,1-3H3. The number of carbonyl (C=O) groups is 2. The molecule has 0 aliphatic carbocycles. The van der Waals surface area contributed by atoms with Gasteiger partial charge in [0.25, 0.3) is 11.8 Å². The molecule has 2 aromatic rings. The predicted octanol–water partition coefficient (Wildman–Crippen LogP) is 2.94. The number of hydrogen-bond acceptors (Lipinski definition) is 6. The average Bonchev–Trinajstić information content (AvgIpc) is 3.11. The lowest BCUT2D eigenvalue weighted by Crippen LogP contribution is -2.51. The number of aryl methyl sites for hydroxylation is 3. The summed E-state index contributed by atoms with van der Waals surface area (Å²) in [7, 11) is 0. The van der Waals surface area contributed by atoms with Crippen LogP contribution in [0.15, 0.2) is 16.8 Å². The highest BCUT2D eigenvalue weighted by Gasteiger charge is 2.37. The van der Waals surface area contributed by atoms with Crippen LogP contribution in [-0.2, 0) is 0 Å². The van der Waals surface area contributed by atoms with Gasteiger partial charge in [-0.3, -0.25) is 14.6 Å². The van der Waals surface area contributed by atoms with Crippen LogP contribution in [0, 0.1) is 26.7 Å². The maximum absolute atomic E-state index is 13.1. The van der Waals surface area contributed by atoms with Crippen molar-refractivity contribution < 1.29 is 14.0 Å². The zero-order valence-electron chi connectivity index (χ0n) is 17.9. The molecule has 1 unspecified atom stereocenters. The summed E-state index contributed by atoms with van der Waals surface area (Å²) in [5.74, 6) is 1.13. The third kappa shape index (κ3) is 4.08. The van der Waals surface area contributed by atoms with Gasteiger partial charge in [0.05, 0.1) is 17.6 Å². The second-order valence-corrected chi connectivity index (χ2v) is 8.38. The summed E-state index contributed by atoms with van der Waals surface area (Å²) in [6.07, 6.45) is 8.13. The van der Waals surface area contributed by atoms with Crippen LogP contribution in [0.1, 0.15) is 70.4 Å². The summed E-state index contributed by atoms with van der Waals surface area (Å²) in [4.78, 5) is 42.5. The van der Waals surface area contributed by atoms with E-state index in [9.17, 15) is 9.59 Å². The van der Waals surface area contributed by atoms with Gasteiger partial charge >= 0.3 is 0 Å². The summed E-state index contributed by atoms with van der Waals surface area (Å²) in [5, 5.41) is 0. The van der Waals surface area contributed by atoms with Crippen molar-refractivity contribution >= 4 is 11.8 Å². The average molecular weight is 412 g/mol. The zero-order chi connectivity index (χ0) is 21.3. The largest absolute Gasteiger partial charge is 0.436 e. The fraction of sp³-hybridized carbons (Fsp3) is 0.591. The summed E-state index contributed by atoms with van der Waals surface area (Å²) in [5.41, 5.74) is 1.86. The number of hydrogen-bond donors (Lipinski definition) is 0. The van der Waals surface area contributed by atoms with Crippen molar-refractivity contribution in [3.05, 3.63) is 41.1 Å². The van der Waals surface area contributed by atoms with E-state index >= 15 is 0 Å². The number of nitrogens with zero attached hydrogens (tertiary/aromatic N) is 5. The smallest absolute Gasteiger partial charge is 0.291 e. The van der Waals surface area contributed by atoms with Gasteiger partial charge in [0.2, 0.25) is 5.76 Å². The van der Waals surface area contributed by atoms with Gasteiger partial charge in [0, 0.05) is 38.8 Å².